The van der Waals surface area contributed by atoms with Crippen molar-refractivity contribution in [1.82, 2.24) is 10.3 Å². The molecule has 158 valence electrons. The number of ether oxygens (including phenoxy) is 1. The number of aryl methyl sites for hydroxylation is 3. The number of ketones is 1. The third kappa shape index (κ3) is 4.37. The molecule has 4 atom stereocenters. The first-order valence-electron chi connectivity index (χ1n) is 10.3. The zero-order valence-electron chi connectivity index (χ0n) is 17.3. The summed E-state index contributed by atoms with van der Waals surface area (Å²) >= 11 is 0. The third-order valence-corrected chi connectivity index (χ3v) is 6.43. The van der Waals surface area contributed by atoms with Gasteiger partial charge in [0, 0.05) is 35.5 Å². The van der Waals surface area contributed by atoms with Crippen molar-refractivity contribution < 1.29 is 14.6 Å². The van der Waals surface area contributed by atoms with Crippen molar-refractivity contribution in [3.63, 3.8) is 0 Å². The molecule has 2 aromatic rings. The molecule has 4 unspecified atom stereocenters. The Morgan fingerprint density at radius 3 is 2.79 bits per heavy atom. The van der Waals surface area contributed by atoms with Gasteiger partial charge in [0.25, 0.3) is 0 Å². The zero-order chi connectivity index (χ0) is 19.8. The molecule has 2 aliphatic rings. The van der Waals surface area contributed by atoms with E-state index in [1.54, 1.807) is 0 Å². The summed E-state index contributed by atoms with van der Waals surface area (Å²) in [5.41, 5.74) is 5.27. The Hall–Kier alpha value is -1.82. The van der Waals surface area contributed by atoms with E-state index in [4.69, 9.17) is 4.74 Å². The summed E-state index contributed by atoms with van der Waals surface area (Å²) in [5.74, 6) is 1.05. The molecule has 5 nitrogen and oxygen atoms in total. The number of hydrogen-bond acceptors (Lipinski definition) is 4. The maximum absolute atomic E-state index is 12.7. The Kier molecular flexibility index (Phi) is 6.72. The second kappa shape index (κ2) is 8.90. The Labute approximate surface area is 178 Å². The number of hydrogen-bond donors (Lipinski definition) is 3. The monoisotopic (exact) mass is 418 g/mol. The van der Waals surface area contributed by atoms with Crippen LogP contribution in [0.2, 0.25) is 0 Å². The summed E-state index contributed by atoms with van der Waals surface area (Å²) in [4.78, 5) is 16.0. The highest BCUT2D eigenvalue weighted by Gasteiger charge is 2.37. The van der Waals surface area contributed by atoms with Crippen molar-refractivity contribution in [2.45, 2.75) is 64.7 Å². The van der Waals surface area contributed by atoms with Crippen LogP contribution in [0.3, 0.4) is 0 Å². The minimum Gasteiger partial charge on any atom is -0.487 e. The van der Waals surface area contributed by atoms with Gasteiger partial charge < -0.3 is 20.1 Å². The number of aliphatic hydroxyl groups excluding tert-OH is 1. The minimum atomic E-state index is -0.566. The van der Waals surface area contributed by atoms with Crippen LogP contribution < -0.4 is 10.1 Å². The van der Waals surface area contributed by atoms with Crippen LogP contribution >= 0.6 is 12.4 Å². The molecule has 0 aliphatic heterocycles. The van der Waals surface area contributed by atoms with Crippen molar-refractivity contribution in [1.29, 1.82) is 0 Å². The van der Waals surface area contributed by atoms with Gasteiger partial charge in [0.2, 0.25) is 0 Å². The van der Waals surface area contributed by atoms with Crippen LogP contribution in [-0.2, 0) is 6.42 Å². The lowest BCUT2D eigenvalue weighted by Crippen LogP contribution is -2.44. The molecule has 6 heteroatoms. The van der Waals surface area contributed by atoms with Crippen molar-refractivity contribution in [2.24, 2.45) is 5.92 Å². The fourth-order valence-corrected chi connectivity index (χ4v) is 4.53. The molecule has 2 aliphatic carbocycles. The van der Waals surface area contributed by atoms with Crippen molar-refractivity contribution in [3.8, 4) is 5.75 Å². The van der Waals surface area contributed by atoms with Gasteiger partial charge in [-0.1, -0.05) is 12.1 Å². The number of aliphatic hydroxyl groups is 1. The number of fused-ring (bicyclic) bond motifs is 1. The molecule has 3 N–H and O–H groups in total. The van der Waals surface area contributed by atoms with E-state index in [1.165, 1.54) is 5.56 Å². The maximum Gasteiger partial charge on any atom is 0.169 e. The number of carbonyl (C=O) groups excluding carboxylic acids is 1. The molecule has 1 fully saturated rings. The Bertz CT molecular complexity index is 879. The van der Waals surface area contributed by atoms with E-state index in [1.807, 2.05) is 32.0 Å². The summed E-state index contributed by atoms with van der Waals surface area (Å²) in [6, 6.07) is 7.95. The van der Waals surface area contributed by atoms with Crippen LogP contribution in [0.25, 0.3) is 0 Å². The molecular weight excluding hydrogens is 388 g/mol. The molecule has 0 bridgehead atoms. The number of rotatable bonds is 5. The lowest BCUT2D eigenvalue weighted by Gasteiger charge is -2.26. The average Bonchev–Trinajstić information content (AvgIpc) is 3.22. The van der Waals surface area contributed by atoms with Crippen LogP contribution in [-0.4, -0.2) is 40.7 Å². The topological polar surface area (TPSA) is 74.3 Å². The molecule has 0 amide bonds. The number of H-pyrrole nitrogens is 1. The number of halogens is 1. The number of benzene rings is 1. The minimum absolute atomic E-state index is 0. The summed E-state index contributed by atoms with van der Waals surface area (Å²) in [6.07, 6.45) is 2.65. The second-order valence-corrected chi connectivity index (χ2v) is 8.38. The van der Waals surface area contributed by atoms with Gasteiger partial charge in [-0.3, -0.25) is 4.79 Å². The molecule has 1 saturated carbocycles. The van der Waals surface area contributed by atoms with Gasteiger partial charge >= 0.3 is 0 Å². The maximum atomic E-state index is 12.7. The van der Waals surface area contributed by atoms with E-state index in [0.717, 1.165) is 53.9 Å². The van der Waals surface area contributed by atoms with E-state index in [0.29, 0.717) is 6.54 Å². The first-order chi connectivity index (χ1) is 13.4. The highest BCUT2D eigenvalue weighted by Crippen LogP contribution is 2.30. The fourth-order valence-electron chi connectivity index (χ4n) is 4.53. The van der Waals surface area contributed by atoms with E-state index in [2.05, 4.69) is 23.3 Å². The highest BCUT2D eigenvalue weighted by molar-refractivity contribution is 6.00. The number of Topliss-reactive ketones (excluding diaryl/α,β-unsaturated/α-hetero) is 1. The van der Waals surface area contributed by atoms with Crippen molar-refractivity contribution >= 4 is 18.2 Å². The molecule has 0 spiro atoms. The fraction of sp³-hybridized carbons (Fsp3) is 0.522. The molecule has 1 aromatic carbocycles. The Morgan fingerprint density at radius 1 is 1.21 bits per heavy atom. The van der Waals surface area contributed by atoms with Crippen LogP contribution in [0, 0.1) is 26.7 Å². The van der Waals surface area contributed by atoms with E-state index in [9.17, 15) is 9.90 Å². The third-order valence-electron chi connectivity index (χ3n) is 6.43. The molecule has 1 aromatic heterocycles. The number of aromatic nitrogens is 1. The van der Waals surface area contributed by atoms with Gasteiger partial charge in [-0.25, -0.2) is 0 Å². The summed E-state index contributed by atoms with van der Waals surface area (Å²) in [6.45, 7) is 6.72. The molecular formula is C23H31ClN2O3. The van der Waals surface area contributed by atoms with Crippen LogP contribution in [0.15, 0.2) is 24.3 Å². The van der Waals surface area contributed by atoms with E-state index in [-0.39, 0.29) is 36.3 Å². The number of aromatic amines is 1. The van der Waals surface area contributed by atoms with Crippen LogP contribution in [0.5, 0.6) is 5.75 Å². The second-order valence-electron chi connectivity index (χ2n) is 8.38. The largest absolute Gasteiger partial charge is 0.487 e. The quantitative estimate of drug-likeness (QED) is 0.692. The normalized spacial score (nSPS) is 26.1. The Morgan fingerprint density at radius 2 is 2.00 bits per heavy atom. The van der Waals surface area contributed by atoms with Crippen molar-refractivity contribution in [3.05, 3.63) is 52.3 Å². The van der Waals surface area contributed by atoms with Gasteiger partial charge in [-0.15, -0.1) is 12.4 Å². The van der Waals surface area contributed by atoms with Gasteiger partial charge in [-0.05, 0) is 69.7 Å². The van der Waals surface area contributed by atoms with Crippen molar-refractivity contribution in [2.75, 3.05) is 6.54 Å². The predicted molar refractivity (Wildman–Crippen MR) is 116 cm³/mol. The lowest BCUT2D eigenvalue weighted by molar-refractivity contribution is 0.0437. The standard InChI is InChI=1S/C23H30N2O3.ClH/c1-13-5-4-6-20(15(13)3)28-21-10-9-19(23(21)27)24-12-16-7-8-18-17(22(16)26)11-14(2)25-18;/h4-6,11,16,19,21,23-25,27H,7-10,12H2,1-3H3;1H. The van der Waals surface area contributed by atoms with E-state index < -0.39 is 6.10 Å². The smallest absolute Gasteiger partial charge is 0.169 e. The summed E-state index contributed by atoms with van der Waals surface area (Å²) < 4.78 is 6.13. The summed E-state index contributed by atoms with van der Waals surface area (Å²) in [7, 11) is 0. The molecule has 0 radical (unpaired) electrons. The average molecular weight is 419 g/mol. The van der Waals surface area contributed by atoms with Gasteiger partial charge in [0.05, 0.1) is 0 Å². The molecule has 29 heavy (non-hydrogen) atoms. The van der Waals surface area contributed by atoms with Gasteiger partial charge in [0.1, 0.15) is 18.0 Å². The summed E-state index contributed by atoms with van der Waals surface area (Å²) in [5, 5.41) is 14.2. The molecule has 1 heterocycles. The Balaban J connectivity index is 0.00000240. The highest BCUT2D eigenvalue weighted by atomic mass is 35.5. The number of carbonyl (C=O) groups is 1. The van der Waals surface area contributed by atoms with Crippen LogP contribution in [0.1, 0.15) is 52.1 Å². The van der Waals surface area contributed by atoms with Gasteiger partial charge in [0.15, 0.2) is 5.78 Å². The number of nitrogens with one attached hydrogen (secondary N) is 2. The molecule has 4 rings (SSSR count). The predicted octanol–water partition coefficient (Wildman–Crippen LogP) is 3.67. The first kappa shape index (κ1) is 21.9. The lowest BCUT2D eigenvalue weighted by atomic mass is 9.86. The van der Waals surface area contributed by atoms with E-state index >= 15 is 0 Å². The molecule has 0 saturated heterocycles. The zero-order valence-corrected chi connectivity index (χ0v) is 18.1. The van der Waals surface area contributed by atoms with Crippen LogP contribution in [0.4, 0.5) is 0 Å². The van der Waals surface area contributed by atoms with Gasteiger partial charge in [-0.2, -0.15) is 0 Å². The SMILES string of the molecule is Cc1cc2c([nH]1)CCC(CNC1CCC(Oc3cccc(C)c3C)C1O)C2=O.Cl. The first-order valence-corrected chi connectivity index (χ1v) is 10.3.